The van der Waals surface area contributed by atoms with E-state index in [-0.39, 0.29) is 24.5 Å². The van der Waals surface area contributed by atoms with E-state index in [9.17, 15) is 18.0 Å². The lowest BCUT2D eigenvalue weighted by Gasteiger charge is -2.20. The van der Waals surface area contributed by atoms with E-state index in [0.717, 1.165) is 25.6 Å². The highest BCUT2D eigenvalue weighted by atomic mass is 32.2. The third-order valence-electron chi connectivity index (χ3n) is 4.59. The molecule has 1 amide bonds. The zero-order valence-corrected chi connectivity index (χ0v) is 18.2. The molecule has 0 atom stereocenters. The first-order chi connectivity index (χ1) is 13.3. The van der Waals surface area contributed by atoms with Gasteiger partial charge in [0.05, 0.1) is 6.26 Å². The summed E-state index contributed by atoms with van der Waals surface area (Å²) in [4.78, 5) is 26.5. The molecule has 1 N–H and O–H groups in total. The molecule has 0 bridgehead atoms. The number of nitrogens with one attached hydrogen (secondary N) is 1. The second kappa shape index (κ2) is 12.5. The first-order valence-electron chi connectivity index (χ1n) is 10.2. The van der Waals surface area contributed by atoms with Crippen LogP contribution in [0.2, 0.25) is 0 Å². The number of anilines is 1. The van der Waals surface area contributed by atoms with Crippen molar-refractivity contribution in [2.75, 3.05) is 24.1 Å². The topological polar surface area (TPSA) is 83.6 Å². The Morgan fingerprint density at radius 3 is 2.11 bits per heavy atom. The average molecular weight is 411 g/mol. The number of nitrogens with zero attached hydrogens (tertiary/aromatic N) is 1. The third kappa shape index (κ3) is 9.88. The molecule has 0 aliphatic heterocycles. The molecule has 28 heavy (non-hydrogen) atoms. The van der Waals surface area contributed by atoms with Crippen LogP contribution in [-0.2, 0) is 14.8 Å². The predicted octanol–water partition coefficient (Wildman–Crippen LogP) is 4.23. The molecule has 158 valence electrons. The quantitative estimate of drug-likeness (QED) is 0.367. The number of amides is 1. The van der Waals surface area contributed by atoms with Crippen molar-refractivity contribution >= 4 is 27.4 Å². The summed E-state index contributed by atoms with van der Waals surface area (Å²) in [6, 6.07) is 6.25. The van der Waals surface area contributed by atoms with Crippen molar-refractivity contribution in [3.8, 4) is 0 Å². The summed E-state index contributed by atoms with van der Waals surface area (Å²) in [6.07, 6.45) is 8.53. The van der Waals surface area contributed by atoms with Gasteiger partial charge in [0.25, 0.3) is 0 Å². The fraction of sp³-hybridized carbons (Fsp3) is 0.619. The zero-order chi connectivity index (χ0) is 21.0. The maximum Gasteiger partial charge on any atom is 0.229 e. The van der Waals surface area contributed by atoms with Crippen LogP contribution in [0.5, 0.6) is 0 Å². The number of ketones is 1. The third-order valence-corrected chi connectivity index (χ3v) is 5.20. The molecule has 0 saturated heterocycles. The van der Waals surface area contributed by atoms with Gasteiger partial charge in [-0.25, -0.2) is 8.42 Å². The monoisotopic (exact) mass is 410 g/mol. The van der Waals surface area contributed by atoms with Gasteiger partial charge in [0.15, 0.2) is 5.78 Å². The molecule has 0 radical (unpaired) electrons. The molecule has 1 rings (SSSR count). The summed E-state index contributed by atoms with van der Waals surface area (Å²) in [6.45, 7) is 5.57. The van der Waals surface area contributed by atoms with Gasteiger partial charge in [-0.15, -0.1) is 0 Å². The van der Waals surface area contributed by atoms with Gasteiger partial charge in [0.2, 0.25) is 15.9 Å². The van der Waals surface area contributed by atoms with Crippen molar-refractivity contribution < 1.29 is 18.0 Å². The minimum Gasteiger partial charge on any atom is -0.343 e. The molecule has 0 unspecified atom stereocenters. The van der Waals surface area contributed by atoms with E-state index < -0.39 is 10.0 Å². The van der Waals surface area contributed by atoms with Crippen molar-refractivity contribution in [1.29, 1.82) is 0 Å². The smallest absolute Gasteiger partial charge is 0.229 e. The number of carbonyl (C=O) groups is 2. The number of unbranched alkanes of at least 4 members (excludes halogenated alkanes) is 5. The molecular weight excluding hydrogens is 376 g/mol. The number of carbonyl (C=O) groups excluding carboxylic acids is 2. The summed E-state index contributed by atoms with van der Waals surface area (Å²) in [5, 5.41) is 0. The highest BCUT2D eigenvalue weighted by Crippen LogP contribution is 2.14. The molecule has 1 aromatic carbocycles. The van der Waals surface area contributed by atoms with Crippen molar-refractivity contribution in [2.24, 2.45) is 0 Å². The van der Waals surface area contributed by atoms with Crippen molar-refractivity contribution in [1.82, 2.24) is 4.90 Å². The van der Waals surface area contributed by atoms with E-state index in [2.05, 4.69) is 11.6 Å². The van der Waals surface area contributed by atoms with E-state index in [1.54, 1.807) is 24.3 Å². The summed E-state index contributed by atoms with van der Waals surface area (Å²) < 4.78 is 24.8. The summed E-state index contributed by atoms with van der Waals surface area (Å²) in [7, 11) is -3.34. The fourth-order valence-corrected chi connectivity index (χ4v) is 3.57. The Kier molecular flexibility index (Phi) is 10.8. The van der Waals surface area contributed by atoms with Gasteiger partial charge in [-0.05, 0) is 37.6 Å². The first-order valence-corrected chi connectivity index (χ1v) is 12.0. The fourth-order valence-electron chi connectivity index (χ4n) is 3.00. The molecule has 6 nitrogen and oxygen atoms in total. The lowest BCUT2D eigenvalue weighted by atomic mass is 10.1. The lowest BCUT2D eigenvalue weighted by molar-refractivity contribution is -0.131. The first kappa shape index (κ1) is 24.1. The second-order valence-electron chi connectivity index (χ2n) is 7.12. The SMILES string of the molecule is CCCCCCCCN(CC)C(=O)CCC(=O)c1ccc(NS(C)(=O)=O)cc1. The Bertz CT molecular complexity index is 714. The van der Waals surface area contributed by atoms with E-state index >= 15 is 0 Å². The Hall–Kier alpha value is -1.89. The number of sulfonamides is 1. The van der Waals surface area contributed by atoms with Crippen molar-refractivity contribution in [3.63, 3.8) is 0 Å². The minimum absolute atomic E-state index is 0.0137. The van der Waals surface area contributed by atoms with Crippen LogP contribution < -0.4 is 4.72 Å². The van der Waals surface area contributed by atoms with Crippen LogP contribution in [0.3, 0.4) is 0 Å². The average Bonchev–Trinajstić information content (AvgIpc) is 2.64. The van der Waals surface area contributed by atoms with E-state index in [0.29, 0.717) is 17.8 Å². The molecule has 0 fully saturated rings. The van der Waals surface area contributed by atoms with Crippen molar-refractivity contribution in [3.05, 3.63) is 29.8 Å². The highest BCUT2D eigenvalue weighted by Gasteiger charge is 2.14. The highest BCUT2D eigenvalue weighted by molar-refractivity contribution is 7.92. The Morgan fingerprint density at radius 1 is 0.929 bits per heavy atom. The van der Waals surface area contributed by atoms with Gasteiger partial charge >= 0.3 is 0 Å². The number of hydrogen-bond acceptors (Lipinski definition) is 4. The number of Topliss-reactive ketones (excluding diaryl/α,β-unsaturated/α-hetero) is 1. The second-order valence-corrected chi connectivity index (χ2v) is 8.86. The Labute approximate surface area is 169 Å². The van der Waals surface area contributed by atoms with Crippen LogP contribution in [0.15, 0.2) is 24.3 Å². The summed E-state index contributed by atoms with van der Waals surface area (Å²) >= 11 is 0. The van der Waals surface area contributed by atoms with Gasteiger partial charge in [0, 0.05) is 37.2 Å². The maximum absolute atomic E-state index is 12.4. The van der Waals surface area contributed by atoms with Crippen LogP contribution in [0.25, 0.3) is 0 Å². The van der Waals surface area contributed by atoms with Gasteiger partial charge in [-0.3, -0.25) is 14.3 Å². The van der Waals surface area contributed by atoms with Crippen LogP contribution in [0, 0.1) is 0 Å². The van der Waals surface area contributed by atoms with Gasteiger partial charge < -0.3 is 4.90 Å². The molecule has 0 aromatic heterocycles. The van der Waals surface area contributed by atoms with Crippen molar-refractivity contribution in [2.45, 2.75) is 65.2 Å². The molecule has 0 aliphatic rings. The Balaban J connectivity index is 2.42. The molecule has 0 spiro atoms. The molecular formula is C21H34N2O4S. The summed E-state index contributed by atoms with van der Waals surface area (Å²) in [5.74, 6) is -0.102. The van der Waals surface area contributed by atoms with Crippen LogP contribution >= 0.6 is 0 Å². The standard InChI is InChI=1S/C21H34N2O4S/c1-4-6-7-8-9-10-17-23(5-2)21(25)16-15-20(24)18-11-13-19(14-12-18)22-28(3,26)27/h11-14,22H,4-10,15-17H2,1-3H3. The van der Waals surface area contributed by atoms with Gasteiger partial charge in [-0.1, -0.05) is 39.0 Å². The largest absolute Gasteiger partial charge is 0.343 e. The van der Waals surface area contributed by atoms with Crippen LogP contribution in [-0.4, -0.2) is 44.4 Å². The summed E-state index contributed by atoms with van der Waals surface area (Å²) in [5.41, 5.74) is 0.886. The molecule has 1 aromatic rings. The number of benzene rings is 1. The number of hydrogen-bond donors (Lipinski definition) is 1. The minimum atomic E-state index is -3.34. The molecule has 0 saturated carbocycles. The molecule has 0 heterocycles. The van der Waals surface area contributed by atoms with E-state index in [4.69, 9.17) is 0 Å². The molecule has 0 aliphatic carbocycles. The lowest BCUT2D eigenvalue weighted by Crippen LogP contribution is -2.32. The maximum atomic E-state index is 12.4. The van der Waals surface area contributed by atoms with Gasteiger partial charge in [0.1, 0.15) is 0 Å². The van der Waals surface area contributed by atoms with Crippen LogP contribution in [0.1, 0.15) is 75.6 Å². The Morgan fingerprint density at radius 2 is 1.54 bits per heavy atom. The van der Waals surface area contributed by atoms with Gasteiger partial charge in [-0.2, -0.15) is 0 Å². The predicted molar refractivity (Wildman–Crippen MR) is 114 cm³/mol. The number of rotatable bonds is 14. The zero-order valence-electron chi connectivity index (χ0n) is 17.4. The molecule has 7 heteroatoms. The normalized spacial score (nSPS) is 11.2. The van der Waals surface area contributed by atoms with E-state index in [1.807, 2.05) is 11.8 Å². The van der Waals surface area contributed by atoms with E-state index in [1.165, 1.54) is 25.7 Å². The van der Waals surface area contributed by atoms with Crippen LogP contribution in [0.4, 0.5) is 5.69 Å².